The zero-order valence-corrected chi connectivity index (χ0v) is 18.2. The normalized spacial score (nSPS) is 16.8. The number of nitrogens with zero attached hydrogens (tertiary/aromatic N) is 2. The molecule has 1 heterocycles. The van der Waals surface area contributed by atoms with Crippen LogP contribution in [0.4, 0.5) is 0 Å². The van der Waals surface area contributed by atoms with Gasteiger partial charge in [0.1, 0.15) is 6.10 Å². The Labute approximate surface area is 183 Å². The first-order chi connectivity index (χ1) is 13.0. The van der Waals surface area contributed by atoms with E-state index in [1.807, 2.05) is 48.5 Å². The predicted octanol–water partition coefficient (Wildman–Crippen LogP) is 0.712. The largest absolute Gasteiger partial charge is 1.00 e. The van der Waals surface area contributed by atoms with E-state index in [0.717, 1.165) is 37.3 Å². The average Bonchev–Trinajstić information content (AvgIpc) is 2.66. The fourth-order valence-electron chi connectivity index (χ4n) is 3.25. The zero-order chi connectivity index (χ0) is 19.2. The van der Waals surface area contributed by atoms with Gasteiger partial charge in [-0.05, 0) is 42.4 Å². The number of rotatable bonds is 7. The summed E-state index contributed by atoms with van der Waals surface area (Å²) in [6.07, 6.45) is -0.808. The lowest BCUT2D eigenvalue weighted by molar-refractivity contribution is -0.0134. The highest BCUT2D eigenvalue weighted by molar-refractivity contribution is 6.30. The van der Waals surface area contributed by atoms with Crippen molar-refractivity contribution < 1.29 is 22.3 Å². The van der Waals surface area contributed by atoms with Crippen molar-refractivity contribution in [1.29, 1.82) is 0 Å². The van der Waals surface area contributed by atoms with E-state index in [1.165, 1.54) is 0 Å². The van der Waals surface area contributed by atoms with Gasteiger partial charge < -0.3 is 27.2 Å². The molecule has 0 aromatic heterocycles. The average molecular weight is 445 g/mol. The number of β-amino-alcohol motifs (C(OH)–C–C–N with tert-alkyl or cyclic N) is 1. The maximum absolute atomic E-state index is 10.5. The summed E-state index contributed by atoms with van der Waals surface area (Å²) in [5.41, 5.74) is 1.99. The van der Waals surface area contributed by atoms with E-state index in [-0.39, 0.29) is 25.1 Å². The van der Waals surface area contributed by atoms with Crippen LogP contribution in [0.3, 0.4) is 0 Å². The Morgan fingerprint density at radius 3 is 1.82 bits per heavy atom. The summed E-state index contributed by atoms with van der Waals surface area (Å²) in [6.45, 7) is 4.91. The number of hydrogen-bond acceptors (Lipinski definition) is 4. The third-order valence-corrected chi connectivity index (χ3v) is 5.37. The second-order valence-corrected chi connectivity index (χ2v) is 7.95. The summed E-state index contributed by atoms with van der Waals surface area (Å²) in [6, 6.07) is 15.2. The number of aliphatic hydroxyl groups is 1. The van der Waals surface area contributed by atoms with Crippen molar-refractivity contribution in [3.8, 4) is 0 Å². The van der Waals surface area contributed by atoms with Gasteiger partial charge in [0.15, 0.2) is 0 Å². The van der Waals surface area contributed by atoms with E-state index in [1.54, 1.807) is 0 Å². The second kappa shape index (κ2) is 11.4. The Kier molecular flexibility index (Phi) is 9.51. The van der Waals surface area contributed by atoms with E-state index in [2.05, 4.69) is 16.8 Å². The Bertz CT molecular complexity index is 659. The van der Waals surface area contributed by atoms with Crippen molar-refractivity contribution >= 4 is 23.2 Å². The predicted molar refractivity (Wildman–Crippen MR) is 111 cm³/mol. The first kappa shape index (κ1) is 23.4. The summed E-state index contributed by atoms with van der Waals surface area (Å²) in [4.78, 5) is 4.59. The molecule has 0 aliphatic carbocycles. The lowest BCUT2D eigenvalue weighted by Gasteiger charge is -2.33. The number of likely N-dealkylation sites (N-methyl/N-ethyl adjacent to an activating group) is 1. The smallest absolute Gasteiger partial charge is 0.108 e. The van der Waals surface area contributed by atoms with Gasteiger partial charge >= 0.3 is 0 Å². The van der Waals surface area contributed by atoms with Crippen LogP contribution < -0.4 is 12.4 Å². The summed E-state index contributed by atoms with van der Waals surface area (Å²) >= 11 is 12.0. The number of halogens is 3. The van der Waals surface area contributed by atoms with Gasteiger partial charge in [0.25, 0.3) is 0 Å². The van der Waals surface area contributed by atoms with Gasteiger partial charge in [0.2, 0.25) is 0 Å². The molecule has 0 bridgehead atoms. The van der Waals surface area contributed by atoms with Crippen LogP contribution >= 0.6 is 23.2 Å². The summed E-state index contributed by atoms with van der Waals surface area (Å²) < 4.78 is 6.15. The van der Waals surface area contributed by atoms with Crippen LogP contribution in [0, 0.1) is 0 Å². The minimum absolute atomic E-state index is 0. The fraction of sp³-hybridized carbons (Fsp3) is 0.429. The summed E-state index contributed by atoms with van der Waals surface area (Å²) in [7, 11) is 2.12. The molecule has 0 saturated carbocycles. The van der Waals surface area contributed by atoms with Crippen LogP contribution in [0.1, 0.15) is 17.2 Å². The van der Waals surface area contributed by atoms with Crippen LogP contribution in [-0.4, -0.2) is 67.4 Å². The molecular formula is C21H26Cl3N2O2-. The molecule has 7 heteroatoms. The number of piperazine rings is 1. The SMILES string of the molecule is CN1CCN(CC(O)COC(c2ccc(Cl)cc2)c2ccc(Cl)cc2)CC1.[Cl-]. The molecule has 2 aromatic rings. The number of benzene rings is 2. The molecule has 3 rings (SSSR count). The highest BCUT2D eigenvalue weighted by Gasteiger charge is 2.20. The van der Waals surface area contributed by atoms with E-state index in [4.69, 9.17) is 27.9 Å². The van der Waals surface area contributed by atoms with Crippen molar-refractivity contribution in [2.24, 2.45) is 0 Å². The molecule has 0 spiro atoms. The topological polar surface area (TPSA) is 35.9 Å². The number of aliphatic hydroxyl groups excluding tert-OH is 1. The van der Waals surface area contributed by atoms with Crippen LogP contribution in [0.5, 0.6) is 0 Å². The van der Waals surface area contributed by atoms with Crippen LogP contribution in [0.2, 0.25) is 10.0 Å². The van der Waals surface area contributed by atoms with Gasteiger partial charge in [0.05, 0.1) is 12.7 Å². The molecule has 1 fully saturated rings. The Balaban J connectivity index is 0.00000280. The monoisotopic (exact) mass is 443 g/mol. The highest BCUT2D eigenvalue weighted by atomic mass is 35.5. The number of hydrogen-bond donors (Lipinski definition) is 1. The molecule has 1 aliphatic heterocycles. The van der Waals surface area contributed by atoms with Gasteiger partial charge in [-0.1, -0.05) is 47.5 Å². The molecule has 1 N–H and O–H groups in total. The van der Waals surface area contributed by atoms with Gasteiger partial charge in [-0.25, -0.2) is 0 Å². The highest BCUT2D eigenvalue weighted by Crippen LogP contribution is 2.28. The standard InChI is InChI=1S/C21H26Cl2N2O2.ClH/c1-24-10-12-25(13-11-24)14-20(26)15-27-21(16-2-6-18(22)7-3-16)17-4-8-19(23)9-5-17;/h2-9,20-21,26H,10-15H2,1H3;1H/p-1. The molecule has 0 radical (unpaired) electrons. The fourth-order valence-corrected chi connectivity index (χ4v) is 3.50. The molecule has 2 aromatic carbocycles. The Hall–Kier alpha value is -0.850. The molecule has 1 aliphatic rings. The van der Waals surface area contributed by atoms with Gasteiger partial charge in [-0.3, -0.25) is 4.90 Å². The Morgan fingerprint density at radius 2 is 1.36 bits per heavy atom. The molecule has 154 valence electrons. The van der Waals surface area contributed by atoms with Crippen molar-refractivity contribution in [2.75, 3.05) is 46.4 Å². The third kappa shape index (κ3) is 6.89. The minimum atomic E-state index is -0.532. The van der Waals surface area contributed by atoms with Crippen LogP contribution in [0.15, 0.2) is 48.5 Å². The van der Waals surface area contributed by atoms with E-state index in [0.29, 0.717) is 16.6 Å². The van der Waals surface area contributed by atoms with Gasteiger partial charge in [-0.15, -0.1) is 0 Å². The van der Waals surface area contributed by atoms with E-state index < -0.39 is 6.10 Å². The first-order valence-electron chi connectivity index (χ1n) is 9.23. The van der Waals surface area contributed by atoms with Crippen LogP contribution in [-0.2, 0) is 4.74 Å². The molecule has 1 atom stereocenters. The summed E-state index contributed by atoms with van der Waals surface area (Å²) in [5, 5.41) is 11.8. The quantitative estimate of drug-likeness (QED) is 0.682. The molecule has 0 amide bonds. The molecule has 4 nitrogen and oxygen atoms in total. The minimum Gasteiger partial charge on any atom is -1.00 e. The lowest BCUT2D eigenvalue weighted by Crippen LogP contribution is -3.00. The molecule has 1 unspecified atom stereocenters. The van der Waals surface area contributed by atoms with Crippen molar-refractivity contribution in [3.63, 3.8) is 0 Å². The maximum atomic E-state index is 10.5. The van der Waals surface area contributed by atoms with Crippen molar-refractivity contribution in [2.45, 2.75) is 12.2 Å². The van der Waals surface area contributed by atoms with Crippen LogP contribution in [0.25, 0.3) is 0 Å². The van der Waals surface area contributed by atoms with Crippen molar-refractivity contribution in [1.82, 2.24) is 9.80 Å². The first-order valence-corrected chi connectivity index (χ1v) is 9.98. The number of ether oxygens (including phenoxy) is 1. The zero-order valence-electron chi connectivity index (χ0n) is 15.9. The second-order valence-electron chi connectivity index (χ2n) is 7.07. The molecule has 28 heavy (non-hydrogen) atoms. The Morgan fingerprint density at radius 1 is 0.893 bits per heavy atom. The van der Waals surface area contributed by atoms with E-state index in [9.17, 15) is 5.11 Å². The summed E-state index contributed by atoms with van der Waals surface area (Å²) in [5.74, 6) is 0. The molecule has 1 saturated heterocycles. The van der Waals surface area contributed by atoms with E-state index >= 15 is 0 Å². The third-order valence-electron chi connectivity index (χ3n) is 4.87. The van der Waals surface area contributed by atoms with Gasteiger partial charge in [-0.2, -0.15) is 0 Å². The van der Waals surface area contributed by atoms with Crippen molar-refractivity contribution in [3.05, 3.63) is 69.7 Å². The lowest BCUT2D eigenvalue weighted by atomic mass is 10.0. The molecular weight excluding hydrogens is 419 g/mol. The van der Waals surface area contributed by atoms with Gasteiger partial charge in [0, 0.05) is 42.8 Å². The maximum Gasteiger partial charge on any atom is 0.108 e.